The van der Waals surface area contributed by atoms with Crippen LogP contribution < -0.4 is 27.9 Å². The molecule has 0 saturated carbocycles. The highest BCUT2D eigenvalue weighted by molar-refractivity contribution is 7.16. The number of rotatable bonds is 17. The highest BCUT2D eigenvalue weighted by Gasteiger charge is 2.12. The van der Waals surface area contributed by atoms with Crippen LogP contribution in [0.4, 0.5) is 0 Å². The highest BCUT2D eigenvalue weighted by Crippen LogP contribution is 2.21. The summed E-state index contributed by atoms with van der Waals surface area (Å²) in [7, 11) is 0. The number of hydrogen-bond acceptors (Lipinski definition) is 4. The number of benzene rings is 4. The zero-order chi connectivity index (χ0) is 44.3. The molecule has 8 nitrogen and oxygen atoms in total. The van der Waals surface area contributed by atoms with Crippen LogP contribution in [0.1, 0.15) is 36.8 Å². The average Bonchev–Trinajstić information content (AvgIpc) is 3.92. The van der Waals surface area contributed by atoms with Crippen LogP contribution in [0.3, 0.4) is 0 Å². The van der Waals surface area contributed by atoms with E-state index in [2.05, 4.69) is 235 Å². The number of nitrogens with zero attached hydrogens (tertiary/aromatic N) is 8. The maximum atomic E-state index is 4.99. The Morgan fingerprint density at radius 2 is 0.682 bits per heavy atom. The number of unbranched alkanes of at least 4 members (excludes halogenated alkanes) is 2. The number of hydrogen-bond donors (Lipinski definition) is 0. The molecule has 0 aliphatic carbocycles. The minimum atomic E-state index is 0.871. The first-order chi connectivity index (χ1) is 32.7. The molecule has 10 aromatic rings. The molecule has 0 atom stereocenters. The number of para-hydroxylation sites is 2. The summed E-state index contributed by atoms with van der Waals surface area (Å²) in [6, 6.07) is 56.1. The Bertz CT molecular complexity index is 3060. The van der Waals surface area contributed by atoms with E-state index in [9.17, 15) is 0 Å². The number of pyridine rings is 4. The number of aryl methyl sites for hydroxylation is 4. The van der Waals surface area contributed by atoms with Gasteiger partial charge >= 0.3 is 0 Å². The van der Waals surface area contributed by atoms with Crippen LogP contribution >= 0.6 is 22.7 Å². The van der Waals surface area contributed by atoms with Gasteiger partial charge < -0.3 is 9.13 Å². The fourth-order valence-corrected chi connectivity index (χ4v) is 10.6. The van der Waals surface area contributed by atoms with E-state index in [1.165, 1.54) is 53.8 Å². The van der Waals surface area contributed by atoms with Crippen molar-refractivity contribution in [1.82, 2.24) is 9.13 Å². The maximum absolute atomic E-state index is 4.99. The first kappa shape index (κ1) is 42.8. The van der Waals surface area contributed by atoms with Crippen molar-refractivity contribution in [3.63, 3.8) is 0 Å². The zero-order valence-electron chi connectivity index (χ0n) is 37.1. The standard InChI is InChI=1S/C56H54N8S2/c1-3-15-45(16-4-1)43-61-39-27-49(28-40-61)47-23-35-59(36-24-47)31-11-13-33-63-51-19-7-9-21-53(51)65-55(63)57-58-56-64(52-20-8-10-22-54(52)66-56)34-14-12-32-60-37-25-48(26-38-60)50-29-41-62(42-30-50)44-46-17-5-2-6-18-46/h1-10,15-30,35-42H,11-14,31-34,43-44H2/q+4/b57-55-,58-56-. The summed E-state index contributed by atoms with van der Waals surface area (Å²) < 4.78 is 16.2. The van der Waals surface area contributed by atoms with Gasteiger partial charge in [-0.15, -0.1) is 10.2 Å². The molecular weight excluding hydrogens is 849 g/mol. The second-order valence-corrected chi connectivity index (χ2v) is 18.8. The van der Waals surface area contributed by atoms with Gasteiger partial charge in [0.15, 0.2) is 62.7 Å². The van der Waals surface area contributed by atoms with Crippen LogP contribution in [0.5, 0.6) is 0 Å². The predicted octanol–water partition coefficient (Wildman–Crippen LogP) is 9.68. The van der Waals surface area contributed by atoms with E-state index in [0.29, 0.717) is 0 Å². The second-order valence-electron chi connectivity index (χ2n) is 16.8. The lowest BCUT2D eigenvalue weighted by atomic mass is 10.1. The Morgan fingerprint density at radius 3 is 1.06 bits per heavy atom. The molecule has 6 heterocycles. The lowest BCUT2D eigenvalue weighted by Gasteiger charge is -2.05. The van der Waals surface area contributed by atoms with E-state index in [-0.39, 0.29) is 0 Å². The Labute approximate surface area is 393 Å². The first-order valence-corrected chi connectivity index (χ1v) is 24.6. The summed E-state index contributed by atoms with van der Waals surface area (Å²) in [4.78, 5) is 1.87. The van der Waals surface area contributed by atoms with E-state index in [0.717, 1.165) is 74.6 Å². The largest absolute Gasteiger partial charge is 0.315 e. The summed E-state index contributed by atoms with van der Waals surface area (Å²) in [5.74, 6) is 0. The summed E-state index contributed by atoms with van der Waals surface area (Å²) in [5, 5.41) is 9.98. The van der Waals surface area contributed by atoms with Crippen LogP contribution in [0.2, 0.25) is 0 Å². The van der Waals surface area contributed by atoms with Gasteiger partial charge in [-0.1, -0.05) is 108 Å². The van der Waals surface area contributed by atoms with Crippen molar-refractivity contribution in [2.75, 3.05) is 0 Å². The molecule has 0 saturated heterocycles. The zero-order valence-corrected chi connectivity index (χ0v) is 38.7. The van der Waals surface area contributed by atoms with Gasteiger partial charge in [-0.3, -0.25) is 0 Å². The van der Waals surface area contributed by atoms with Gasteiger partial charge in [0.05, 0.1) is 20.4 Å². The molecule has 326 valence electrons. The van der Waals surface area contributed by atoms with Crippen molar-refractivity contribution < 1.29 is 18.3 Å². The monoisotopic (exact) mass is 902 g/mol. The van der Waals surface area contributed by atoms with Crippen molar-refractivity contribution in [3.8, 4) is 22.3 Å². The molecule has 0 aliphatic rings. The van der Waals surface area contributed by atoms with Crippen LogP contribution in [0.15, 0.2) is 218 Å². The summed E-state index contributed by atoms with van der Waals surface area (Å²) in [5.41, 5.74) is 9.94. The quantitative estimate of drug-likeness (QED) is 0.0497. The molecule has 0 amide bonds. The van der Waals surface area contributed by atoms with Gasteiger partial charge in [-0.05, 0) is 59.4 Å². The van der Waals surface area contributed by atoms with E-state index < -0.39 is 0 Å². The van der Waals surface area contributed by atoms with Crippen molar-refractivity contribution in [1.29, 1.82) is 0 Å². The Kier molecular flexibility index (Phi) is 13.5. The van der Waals surface area contributed by atoms with Crippen LogP contribution in [-0.2, 0) is 39.3 Å². The van der Waals surface area contributed by atoms with E-state index in [4.69, 9.17) is 10.2 Å². The topological polar surface area (TPSA) is 50.1 Å². The number of thiazole rings is 2. The average molecular weight is 903 g/mol. The summed E-state index contributed by atoms with van der Waals surface area (Å²) in [6.07, 6.45) is 21.7. The van der Waals surface area contributed by atoms with Gasteiger partial charge in [0.1, 0.15) is 13.1 Å². The third-order valence-electron chi connectivity index (χ3n) is 12.1. The molecular formula is C56H54N8S2+4. The summed E-state index contributed by atoms with van der Waals surface area (Å²) in [6.45, 7) is 5.43. The predicted molar refractivity (Wildman–Crippen MR) is 265 cm³/mol. The maximum Gasteiger partial charge on any atom is 0.211 e. The minimum Gasteiger partial charge on any atom is -0.315 e. The fourth-order valence-electron chi connectivity index (χ4n) is 8.54. The smallest absolute Gasteiger partial charge is 0.211 e. The molecule has 0 bridgehead atoms. The minimum absolute atomic E-state index is 0.871. The van der Waals surface area contributed by atoms with Crippen LogP contribution in [0.25, 0.3) is 42.7 Å². The van der Waals surface area contributed by atoms with Crippen molar-refractivity contribution in [3.05, 3.63) is 228 Å². The third-order valence-corrected chi connectivity index (χ3v) is 14.2. The molecule has 0 radical (unpaired) electrons. The molecule has 4 aromatic carbocycles. The Morgan fingerprint density at radius 1 is 0.348 bits per heavy atom. The first-order valence-electron chi connectivity index (χ1n) is 23.0. The number of aromatic nitrogens is 6. The lowest BCUT2D eigenvalue weighted by Crippen LogP contribution is -2.33. The second kappa shape index (κ2) is 20.8. The third kappa shape index (κ3) is 10.5. The molecule has 10 rings (SSSR count). The molecule has 0 spiro atoms. The highest BCUT2D eigenvalue weighted by atomic mass is 32.1. The summed E-state index contributed by atoms with van der Waals surface area (Å²) >= 11 is 3.43. The molecule has 0 unspecified atom stereocenters. The van der Waals surface area contributed by atoms with E-state index in [1.807, 2.05) is 0 Å². The molecule has 0 aliphatic heterocycles. The normalized spacial score (nSPS) is 12.1. The van der Waals surface area contributed by atoms with Gasteiger partial charge in [0, 0.05) is 85.6 Å². The molecule has 10 heteroatoms. The fraction of sp³-hybridized carbons (Fsp3) is 0.179. The lowest BCUT2D eigenvalue weighted by molar-refractivity contribution is -0.697. The van der Waals surface area contributed by atoms with Crippen molar-refractivity contribution in [2.45, 2.75) is 65.0 Å². The number of fused-ring (bicyclic) bond motifs is 2. The molecule has 66 heavy (non-hydrogen) atoms. The van der Waals surface area contributed by atoms with Gasteiger partial charge in [0.2, 0.25) is 9.60 Å². The molecule has 0 N–H and O–H groups in total. The van der Waals surface area contributed by atoms with Crippen molar-refractivity contribution in [2.24, 2.45) is 10.2 Å². The SMILES string of the molecule is c1ccc(C[n+]2ccc(-c3cc[n+](CCCCn4/c(=N/N=c5\sc6ccccc6n5CCCC[n+]5ccc(-c6cc[n+](Cc7ccccc7)cc6)cc5)sc5ccccc54)cc3)cc2)cc1. The van der Waals surface area contributed by atoms with Gasteiger partial charge in [-0.2, -0.15) is 0 Å². The van der Waals surface area contributed by atoms with Crippen molar-refractivity contribution >= 4 is 43.1 Å². The Hall–Kier alpha value is -7.14. The van der Waals surface area contributed by atoms with E-state index >= 15 is 0 Å². The molecule has 0 fully saturated rings. The van der Waals surface area contributed by atoms with Gasteiger partial charge in [-0.25, -0.2) is 18.3 Å². The van der Waals surface area contributed by atoms with E-state index in [1.54, 1.807) is 22.7 Å². The Balaban J connectivity index is 0.767. The van der Waals surface area contributed by atoms with Crippen LogP contribution in [0, 0.1) is 0 Å². The van der Waals surface area contributed by atoms with Gasteiger partial charge in [0.25, 0.3) is 0 Å². The van der Waals surface area contributed by atoms with Crippen LogP contribution in [-0.4, -0.2) is 9.13 Å². The molecule has 6 aromatic heterocycles.